The summed E-state index contributed by atoms with van der Waals surface area (Å²) >= 11 is 0. The van der Waals surface area contributed by atoms with E-state index in [2.05, 4.69) is 4.98 Å². The molecule has 2 fully saturated rings. The predicted octanol–water partition coefficient (Wildman–Crippen LogP) is 6.23. The molecule has 3 rings (SSSR count). The summed E-state index contributed by atoms with van der Waals surface area (Å²) in [5.41, 5.74) is -0.132. The zero-order valence-corrected chi connectivity index (χ0v) is 20.5. The monoisotopic (exact) mass is 445 g/mol. The second kappa shape index (κ2) is 9.67. The molecule has 7 nitrogen and oxygen atoms in total. The molecule has 1 aromatic heterocycles. The van der Waals surface area contributed by atoms with Crippen LogP contribution in [0, 0.1) is 0 Å². The number of hydrogen-bond acceptors (Lipinski definition) is 5. The van der Waals surface area contributed by atoms with Crippen molar-refractivity contribution in [3.63, 3.8) is 0 Å². The molecular weight excluding hydrogens is 406 g/mol. The molecule has 1 aliphatic carbocycles. The number of carbonyl (C=O) groups excluding carboxylic acids is 2. The van der Waals surface area contributed by atoms with Gasteiger partial charge in [-0.1, -0.05) is 25.3 Å². The van der Waals surface area contributed by atoms with E-state index in [1.54, 1.807) is 16.0 Å². The van der Waals surface area contributed by atoms with Gasteiger partial charge in [0, 0.05) is 18.8 Å². The molecule has 1 saturated heterocycles. The Balaban J connectivity index is 1.80. The Kier molecular flexibility index (Phi) is 7.36. The van der Waals surface area contributed by atoms with Crippen molar-refractivity contribution < 1.29 is 19.1 Å². The van der Waals surface area contributed by atoms with Crippen LogP contribution >= 0.6 is 0 Å². The fraction of sp³-hybridized carbons (Fsp3) is 0.720. The van der Waals surface area contributed by atoms with Crippen molar-refractivity contribution in [2.24, 2.45) is 0 Å². The van der Waals surface area contributed by atoms with E-state index in [0.29, 0.717) is 12.4 Å². The van der Waals surface area contributed by atoms with Crippen molar-refractivity contribution in [2.75, 3.05) is 11.4 Å². The topological polar surface area (TPSA) is 72.0 Å². The van der Waals surface area contributed by atoms with Crippen molar-refractivity contribution in [1.29, 1.82) is 0 Å². The van der Waals surface area contributed by atoms with Crippen LogP contribution in [0.15, 0.2) is 18.3 Å². The van der Waals surface area contributed by atoms with Gasteiger partial charge in [-0.25, -0.2) is 14.6 Å². The maximum absolute atomic E-state index is 13.1. The fourth-order valence-corrected chi connectivity index (χ4v) is 4.47. The zero-order chi connectivity index (χ0) is 23.5. The van der Waals surface area contributed by atoms with Crippen molar-refractivity contribution in [3.05, 3.63) is 23.9 Å². The van der Waals surface area contributed by atoms with Gasteiger partial charge in [0.25, 0.3) is 0 Å². The molecule has 0 unspecified atom stereocenters. The SMILES string of the molecule is CC(C)(C)OC(=O)N(c1ccc([C@@H]2CCCN2C(=O)OC(C)(C)C)cn1)C1CCCCC1. The molecule has 0 radical (unpaired) electrons. The number of carbonyl (C=O) groups is 2. The first kappa shape index (κ1) is 24.3. The van der Waals surface area contributed by atoms with Gasteiger partial charge in [0.05, 0.1) is 6.04 Å². The lowest BCUT2D eigenvalue weighted by Crippen LogP contribution is -2.45. The lowest BCUT2D eigenvalue weighted by Gasteiger charge is -2.35. The Morgan fingerprint density at radius 2 is 1.59 bits per heavy atom. The zero-order valence-electron chi connectivity index (χ0n) is 20.5. The van der Waals surface area contributed by atoms with Crippen LogP contribution in [0.3, 0.4) is 0 Å². The third kappa shape index (κ3) is 6.36. The van der Waals surface area contributed by atoms with Gasteiger partial charge in [-0.3, -0.25) is 4.90 Å². The Labute approximate surface area is 192 Å². The summed E-state index contributed by atoms with van der Waals surface area (Å²) in [6.07, 6.45) is 8.29. The maximum Gasteiger partial charge on any atom is 0.416 e. The molecule has 32 heavy (non-hydrogen) atoms. The van der Waals surface area contributed by atoms with E-state index in [4.69, 9.17) is 9.47 Å². The maximum atomic E-state index is 13.1. The van der Waals surface area contributed by atoms with Crippen LogP contribution < -0.4 is 4.90 Å². The third-order valence-electron chi connectivity index (χ3n) is 5.81. The van der Waals surface area contributed by atoms with Crippen molar-refractivity contribution in [2.45, 2.75) is 110 Å². The molecule has 1 saturated carbocycles. The van der Waals surface area contributed by atoms with Gasteiger partial charge >= 0.3 is 12.2 Å². The van der Waals surface area contributed by atoms with Gasteiger partial charge in [0.15, 0.2) is 0 Å². The van der Waals surface area contributed by atoms with Gasteiger partial charge in [0.2, 0.25) is 0 Å². The van der Waals surface area contributed by atoms with Crippen molar-refractivity contribution >= 4 is 18.0 Å². The second-order valence-corrected chi connectivity index (χ2v) is 10.9. The fourth-order valence-electron chi connectivity index (χ4n) is 4.47. The Bertz CT molecular complexity index is 789. The molecule has 2 amide bonds. The van der Waals surface area contributed by atoms with Crippen molar-refractivity contribution in [3.8, 4) is 0 Å². The Hall–Kier alpha value is -2.31. The highest BCUT2D eigenvalue weighted by molar-refractivity contribution is 5.87. The molecule has 0 aromatic carbocycles. The summed E-state index contributed by atoms with van der Waals surface area (Å²) in [7, 11) is 0. The van der Waals surface area contributed by atoms with E-state index in [1.165, 1.54) is 6.42 Å². The van der Waals surface area contributed by atoms with Gasteiger partial charge in [-0.2, -0.15) is 0 Å². The lowest BCUT2D eigenvalue weighted by molar-refractivity contribution is 0.0224. The number of pyridine rings is 1. The summed E-state index contributed by atoms with van der Waals surface area (Å²) in [5, 5.41) is 0. The smallest absolute Gasteiger partial charge is 0.416 e. The highest BCUT2D eigenvalue weighted by Crippen LogP contribution is 2.34. The van der Waals surface area contributed by atoms with Crippen LogP contribution in [0.5, 0.6) is 0 Å². The third-order valence-corrected chi connectivity index (χ3v) is 5.81. The van der Waals surface area contributed by atoms with E-state index in [1.807, 2.05) is 53.7 Å². The minimum atomic E-state index is -0.568. The molecule has 1 aliphatic heterocycles. The molecule has 0 bridgehead atoms. The van der Waals surface area contributed by atoms with Crippen LogP contribution in [-0.4, -0.2) is 45.9 Å². The number of rotatable bonds is 3. The first-order chi connectivity index (χ1) is 14.9. The standard InChI is InChI=1S/C25H39N3O4/c1-24(2,3)31-22(29)27-16-10-13-20(27)18-14-15-21(26-17-18)28(19-11-8-7-9-12-19)23(30)32-25(4,5)6/h14-15,17,19-20H,7-13,16H2,1-6H3/t20-/m0/s1. The van der Waals surface area contributed by atoms with Gasteiger partial charge in [-0.05, 0) is 78.9 Å². The number of anilines is 1. The average Bonchev–Trinajstić information content (AvgIpc) is 3.17. The Morgan fingerprint density at radius 3 is 2.16 bits per heavy atom. The molecule has 0 spiro atoms. The first-order valence-electron chi connectivity index (χ1n) is 11.9. The second-order valence-electron chi connectivity index (χ2n) is 10.9. The number of ether oxygens (including phenoxy) is 2. The molecule has 1 atom stereocenters. The predicted molar refractivity (Wildman–Crippen MR) is 125 cm³/mol. The lowest BCUT2D eigenvalue weighted by atomic mass is 9.94. The first-order valence-corrected chi connectivity index (χ1v) is 11.9. The molecular formula is C25H39N3O4. The van der Waals surface area contributed by atoms with Gasteiger partial charge in [0.1, 0.15) is 17.0 Å². The van der Waals surface area contributed by atoms with Crippen LogP contribution in [0.4, 0.5) is 15.4 Å². The van der Waals surface area contributed by atoms with Gasteiger partial charge < -0.3 is 14.4 Å². The quantitative estimate of drug-likeness (QED) is 0.552. The number of aromatic nitrogens is 1. The minimum Gasteiger partial charge on any atom is -0.444 e. The average molecular weight is 446 g/mol. The summed E-state index contributed by atoms with van der Waals surface area (Å²) in [5.74, 6) is 0.608. The molecule has 178 valence electrons. The van der Waals surface area contributed by atoms with E-state index < -0.39 is 11.2 Å². The van der Waals surface area contributed by atoms with E-state index in [9.17, 15) is 9.59 Å². The van der Waals surface area contributed by atoms with E-state index in [-0.39, 0.29) is 24.3 Å². The highest BCUT2D eigenvalue weighted by Gasteiger charge is 2.35. The van der Waals surface area contributed by atoms with Crippen LogP contribution in [0.1, 0.15) is 98.1 Å². The summed E-state index contributed by atoms with van der Waals surface area (Å²) in [4.78, 5) is 33.9. The molecule has 2 heterocycles. The van der Waals surface area contributed by atoms with Crippen LogP contribution in [0.2, 0.25) is 0 Å². The molecule has 7 heteroatoms. The number of likely N-dealkylation sites (tertiary alicyclic amines) is 1. The summed E-state index contributed by atoms with van der Waals surface area (Å²) in [6, 6.07) is 3.91. The Morgan fingerprint density at radius 1 is 0.938 bits per heavy atom. The number of nitrogens with zero attached hydrogens (tertiary/aromatic N) is 3. The van der Waals surface area contributed by atoms with Crippen LogP contribution in [0.25, 0.3) is 0 Å². The highest BCUT2D eigenvalue weighted by atomic mass is 16.6. The number of amides is 2. The minimum absolute atomic E-state index is 0.0592. The summed E-state index contributed by atoms with van der Waals surface area (Å²) in [6.45, 7) is 11.9. The normalized spacial score (nSPS) is 20.2. The van der Waals surface area contributed by atoms with Crippen LogP contribution in [-0.2, 0) is 9.47 Å². The molecule has 1 aromatic rings. The van der Waals surface area contributed by atoms with Gasteiger partial charge in [-0.15, -0.1) is 0 Å². The molecule has 2 aliphatic rings. The van der Waals surface area contributed by atoms with E-state index in [0.717, 1.165) is 44.1 Å². The largest absolute Gasteiger partial charge is 0.444 e. The number of hydrogen-bond donors (Lipinski definition) is 0. The summed E-state index contributed by atoms with van der Waals surface area (Å²) < 4.78 is 11.3. The molecule has 0 N–H and O–H groups in total. The van der Waals surface area contributed by atoms with Crippen molar-refractivity contribution in [1.82, 2.24) is 9.88 Å². The van der Waals surface area contributed by atoms with E-state index >= 15 is 0 Å².